The minimum absolute atomic E-state index is 0.214. The molecular weight excluding hydrogens is 451 g/mol. The summed E-state index contributed by atoms with van der Waals surface area (Å²) in [6, 6.07) is 17.4. The van der Waals surface area contributed by atoms with Crippen LogP contribution in [-0.2, 0) is 10.2 Å². The number of benzene rings is 2. The molecule has 0 aliphatic carbocycles. The summed E-state index contributed by atoms with van der Waals surface area (Å²) in [5.74, 6) is 0.903. The normalized spacial score (nSPS) is 15.1. The maximum absolute atomic E-state index is 13.4. The van der Waals surface area contributed by atoms with Crippen LogP contribution >= 0.6 is 23.8 Å². The van der Waals surface area contributed by atoms with Crippen LogP contribution in [0, 0.1) is 5.82 Å². The van der Waals surface area contributed by atoms with Crippen molar-refractivity contribution in [2.45, 2.75) is 18.3 Å². The summed E-state index contributed by atoms with van der Waals surface area (Å²) in [6.45, 7) is 1.83. The number of hydrogen-bond acceptors (Lipinski definition) is 5. The van der Waals surface area contributed by atoms with Gasteiger partial charge in [0.15, 0.2) is 5.11 Å². The van der Waals surface area contributed by atoms with Gasteiger partial charge in [0, 0.05) is 31.2 Å². The van der Waals surface area contributed by atoms with Crippen molar-refractivity contribution in [3.63, 3.8) is 0 Å². The van der Waals surface area contributed by atoms with E-state index in [2.05, 4.69) is 20.6 Å². The summed E-state index contributed by atoms with van der Waals surface area (Å²) >= 11 is 11.6. The molecule has 32 heavy (non-hydrogen) atoms. The molecule has 6 nitrogen and oxygen atoms in total. The van der Waals surface area contributed by atoms with Gasteiger partial charge in [-0.3, -0.25) is 0 Å². The summed E-state index contributed by atoms with van der Waals surface area (Å²) in [5, 5.41) is 6.80. The Labute approximate surface area is 196 Å². The highest BCUT2D eigenvalue weighted by Crippen LogP contribution is 2.34. The molecule has 0 spiro atoms. The van der Waals surface area contributed by atoms with Crippen molar-refractivity contribution in [1.82, 2.24) is 15.3 Å². The number of aromatic nitrogens is 2. The predicted octanol–water partition coefficient (Wildman–Crippen LogP) is 5.10. The zero-order valence-corrected chi connectivity index (χ0v) is 18.8. The van der Waals surface area contributed by atoms with E-state index < -0.39 is 0 Å². The third-order valence-corrected chi connectivity index (χ3v) is 5.80. The van der Waals surface area contributed by atoms with E-state index in [-0.39, 0.29) is 22.3 Å². The first-order valence-corrected chi connectivity index (χ1v) is 11.0. The number of ether oxygens (including phenoxy) is 2. The van der Waals surface area contributed by atoms with E-state index in [4.69, 9.17) is 33.3 Å². The lowest BCUT2D eigenvalue weighted by atomic mass is 9.74. The van der Waals surface area contributed by atoms with Crippen LogP contribution in [-0.4, -0.2) is 34.8 Å². The lowest BCUT2D eigenvalue weighted by molar-refractivity contribution is 0.0515. The van der Waals surface area contributed by atoms with Gasteiger partial charge in [0.05, 0.1) is 0 Å². The van der Waals surface area contributed by atoms with Gasteiger partial charge >= 0.3 is 0 Å². The van der Waals surface area contributed by atoms with Crippen molar-refractivity contribution < 1.29 is 13.9 Å². The fourth-order valence-corrected chi connectivity index (χ4v) is 3.98. The Hall–Kier alpha value is -2.81. The summed E-state index contributed by atoms with van der Waals surface area (Å²) in [5.41, 5.74) is 0.837. The Bertz CT molecular complexity index is 1060. The number of hydrogen-bond donors (Lipinski definition) is 2. The van der Waals surface area contributed by atoms with Crippen LogP contribution < -0.4 is 15.4 Å². The van der Waals surface area contributed by atoms with Crippen LogP contribution in [0.3, 0.4) is 0 Å². The minimum Gasteiger partial charge on any atom is -0.439 e. The molecule has 1 fully saturated rings. The lowest BCUT2D eigenvalue weighted by Crippen LogP contribution is -2.45. The molecule has 0 atom stereocenters. The Morgan fingerprint density at radius 1 is 1.09 bits per heavy atom. The Morgan fingerprint density at radius 2 is 1.81 bits per heavy atom. The van der Waals surface area contributed by atoms with Gasteiger partial charge in [-0.15, -0.1) is 0 Å². The van der Waals surface area contributed by atoms with Crippen molar-refractivity contribution in [3.05, 3.63) is 77.2 Å². The second-order valence-electron chi connectivity index (χ2n) is 7.47. The van der Waals surface area contributed by atoms with Crippen molar-refractivity contribution in [1.29, 1.82) is 0 Å². The Morgan fingerprint density at radius 3 is 2.53 bits per heavy atom. The van der Waals surface area contributed by atoms with Crippen molar-refractivity contribution in [3.8, 4) is 11.6 Å². The third-order valence-electron chi connectivity index (χ3n) is 5.36. The summed E-state index contributed by atoms with van der Waals surface area (Å²) in [6.07, 6.45) is 1.61. The first kappa shape index (κ1) is 22.4. The largest absolute Gasteiger partial charge is 0.439 e. The van der Waals surface area contributed by atoms with Crippen LogP contribution in [0.4, 0.5) is 10.3 Å². The van der Waals surface area contributed by atoms with E-state index in [9.17, 15) is 4.39 Å². The Balaban J connectivity index is 1.43. The standard InChI is InChI=1S/C23H22ClFN4O2S/c24-19-14-20(31-18-4-2-1-3-5-18)28-21(27-19)29-22(32)26-15-23(10-12-30-13-11-23)16-6-8-17(25)9-7-16/h1-9,14H,10-13,15H2,(H2,26,27,28,29,32). The van der Waals surface area contributed by atoms with E-state index >= 15 is 0 Å². The van der Waals surface area contributed by atoms with Gasteiger partial charge in [-0.1, -0.05) is 41.9 Å². The molecule has 0 radical (unpaired) electrons. The second-order valence-corrected chi connectivity index (χ2v) is 8.27. The van der Waals surface area contributed by atoms with Gasteiger partial charge in [-0.2, -0.15) is 4.98 Å². The smallest absolute Gasteiger partial charge is 0.233 e. The van der Waals surface area contributed by atoms with E-state index in [1.807, 2.05) is 42.5 Å². The molecule has 2 aromatic carbocycles. The predicted molar refractivity (Wildman–Crippen MR) is 126 cm³/mol. The van der Waals surface area contributed by atoms with Crippen LogP contribution in [0.25, 0.3) is 0 Å². The molecule has 0 amide bonds. The number of anilines is 1. The third kappa shape index (κ3) is 5.70. The van der Waals surface area contributed by atoms with E-state index in [0.29, 0.717) is 36.5 Å². The zero-order chi connectivity index (χ0) is 22.4. The van der Waals surface area contributed by atoms with Crippen LogP contribution in [0.5, 0.6) is 11.6 Å². The van der Waals surface area contributed by atoms with Gasteiger partial charge in [0.2, 0.25) is 11.8 Å². The highest BCUT2D eigenvalue weighted by Gasteiger charge is 2.34. The van der Waals surface area contributed by atoms with Gasteiger partial charge in [-0.05, 0) is 54.9 Å². The van der Waals surface area contributed by atoms with Crippen molar-refractivity contribution >= 4 is 34.9 Å². The molecule has 166 valence electrons. The molecule has 1 aromatic heterocycles. The number of nitrogens with zero attached hydrogens (tertiary/aromatic N) is 2. The minimum atomic E-state index is -0.257. The monoisotopic (exact) mass is 472 g/mol. The SMILES string of the molecule is Fc1ccc(C2(CNC(=S)Nc3nc(Cl)cc(Oc4ccccc4)n3)CCOCC2)cc1. The summed E-state index contributed by atoms with van der Waals surface area (Å²) in [4.78, 5) is 8.50. The number of rotatable bonds is 6. The van der Waals surface area contributed by atoms with Crippen LogP contribution in [0.2, 0.25) is 5.15 Å². The molecule has 0 unspecified atom stereocenters. The molecule has 1 aliphatic heterocycles. The molecule has 1 aliphatic rings. The van der Waals surface area contributed by atoms with Gasteiger partial charge in [0.1, 0.15) is 16.7 Å². The average molecular weight is 473 g/mol. The first-order chi connectivity index (χ1) is 15.5. The van der Waals surface area contributed by atoms with Crippen molar-refractivity contribution in [2.75, 3.05) is 25.1 Å². The molecule has 4 rings (SSSR count). The maximum atomic E-state index is 13.4. The molecule has 0 saturated carbocycles. The number of halogens is 2. The highest BCUT2D eigenvalue weighted by molar-refractivity contribution is 7.80. The molecule has 2 heterocycles. The molecule has 1 saturated heterocycles. The zero-order valence-electron chi connectivity index (χ0n) is 17.2. The molecular formula is C23H22ClFN4O2S. The molecule has 9 heteroatoms. The molecule has 2 N–H and O–H groups in total. The van der Waals surface area contributed by atoms with Crippen LogP contribution in [0.1, 0.15) is 18.4 Å². The van der Waals surface area contributed by atoms with Gasteiger partial charge in [-0.25, -0.2) is 9.37 Å². The van der Waals surface area contributed by atoms with E-state index in [1.54, 1.807) is 0 Å². The fourth-order valence-electron chi connectivity index (χ4n) is 3.64. The van der Waals surface area contributed by atoms with E-state index in [1.165, 1.54) is 18.2 Å². The first-order valence-electron chi connectivity index (χ1n) is 10.2. The van der Waals surface area contributed by atoms with Gasteiger partial charge in [0.25, 0.3) is 0 Å². The van der Waals surface area contributed by atoms with Crippen molar-refractivity contribution in [2.24, 2.45) is 0 Å². The lowest BCUT2D eigenvalue weighted by Gasteiger charge is -2.38. The van der Waals surface area contributed by atoms with Gasteiger partial charge < -0.3 is 20.1 Å². The fraction of sp³-hybridized carbons (Fsp3) is 0.261. The quantitative estimate of drug-likeness (QED) is 0.382. The number of para-hydroxylation sites is 1. The molecule has 3 aromatic rings. The molecule has 0 bridgehead atoms. The number of thiocarbonyl (C=S) groups is 1. The maximum Gasteiger partial charge on any atom is 0.233 e. The highest BCUT2D eigenvalue weighted by atomic mass is 35.5. The number of nitrogens with one attached hydrogen (secondary N) is 2. The summed E-state index contributed by atoms with van der Waals surface area (Å²) < 4.78 is 24.7. The van der Waals surface area contributed by atoms with Crippen LogP contribution in [0.15, 0.2) is 60.7 Å². The average Bonchev–Trinajstić information content (AvgIpc) is 2.79. The van der Waals surface area contributed by atoms with E-state index in [0.717, 1.165) is 18.4 Å². The summed E-state index contributed by atoms with van der Waals surface area (Å²) in [7, 11) is 0. The second kappa shape index (κ2) is 10.2. The Kier molecular flexibility index (Phi) is 7.14. The topological polar surface area (TPSA) is 68.3 Å².